The van der Waals surface area contributed by atoms with Crippen LogP contribution in [0.2, 0.25) is 0 Å². The van der Waals surface area contributed by atoms with E-state index in [1.165, 1.54) is 23.5 Å². The number of benzene rings is 3. The molecule has 3 aromatic rings. The van der Waals surface area contributed by atoms with Crippen molar-refractivity contribution in [3.05, 3.63) is 84.4 Å². The monoisotopic (exact) mass is 549 g/mol. The van der Waals surface area contributed by atoms with Gasteiger partial charge in [-0.3, -0.25) is 9.59 Å². The summed E-state index contributed by atoms with van der Waals surface area (Å²) in [5.74, 6) is -0.0878. The average Bonchev–Trinajstić information content (AvgIpc) is 2.99. The number of ether oxygens (including phenoxy) is 2. The maximum atomic E-state index is 13.9. The van der Waals surface area contributed by atoms with Crippen LogP contribution >= 0.6 is 0 Å². The first kappa shape index (κ1) is 26.7. The number of piperidine rings is 1. The average molecular weight is 550 g/mol. The van der Waals surface area contributed by atoms with E-state index in [-0.39, 0.29) is 29.8 Å². The number of fused-ring (bicyclic) bond motifs is 1. The lowest BCUT2D eigenvalue weighted by Gasteiger charge is -2.38. The molecule has 2 heterocycles. The lowest BCUT2D eigenvalue weighted by Crippen LogP contribution is -2.53. The van der Waals surface area contributed by atoms with E-state index in [0.717, 1.165) is 5.56 Å². The zero-order valence-electron chi connectivity index (χ0n) is 21.7. The summed E-state index contributed by atoms with van der Waals surface area (Å²) < 4.78 is 39.2. The van der Waals surface area contributed by atoms with Gasteiger partial charge < -0.3 is 19.7 Å². The molecule has 5 rings (SSSR count). The lowest BCUT2D eigenvalue weighted by atomic mass is 9.97. The van der Waals surface area contributed by atoms with Crippen molar-refractivity contribution in [1.29, 1.82) is 0 Å². The first-order valence-electron chi connectivity index (χ1n) is 12.9. The van der Waals surface area contributed by atoms with E-state index in [1.54, 1.807) is 41.3 Å². The molecule has 9 nitrogen and oxygen atoms in total. The minimum absolute atomic E-state index is 0.0399. The standard InChI is InChI=1S/C29H31N3O6S/c1-37-23-13-15-24(16-14-23)39(35,36)31-17-7-10-22(19-31)29(34)32-20-27(38-26-12-6-5-11-25(26)32)28(33)30-18-21-8-3-2-4-9-21/h2-6,8-9,11-16,22,27H,7,10,17-20H2,1H3,(H,30,33). The minimum Gasteiger partial charge on any atom is -0.497 e. The Labute approximate surface area is 228 Å². The number of methoxy groups -OCH3 is 1. The highest BCUT2D eigenvalue weighted by molar-refractivity contribution is 7.89. The van der Waals surface area contributed by atoms with E-state index in [9.17, 15) is 18.0 Å². The van der Waals surface area contributed by atoms with Crippen molar-refractivity contribution in [1.82, 2.24) is 9.62 Å². The highest BCUT2D eigenvalue weighted by Gasteiger charge is 2.39. The summed E-state index contributed by atoms with van der Waals surface area (Å²) in [5, 5.41) is 2.89. The normalized spacial score (nSPS) is 19.5. The van der Waals surface area contributed by atoms with Gasteiger partial charge in [-0.15, -0.1) is 0 Å². The summed E-state index contributed by atoms with van der Waals surface area (Å²) in [7, 11) is -2.26. The quantitative estimate of drug-likeness (QED) is 0.485. The van der Waals surface area contributed by atoms with E-state index in [1.807, 2.05) is 30.3 Å². The molecule has 1 N–H and O–H groups in total. The van der Waals surface area contributed by atoms with Gasteiger partial charge in [-0.25, -0.2) is 8.42 Å². The third kappa shape index (κ3) is 5.76. The Bertz CT molecular complexity index is 1430. The number of carbonyl (C=O) groups is 2. The van der Waals surface area contributed by atoms with Gasteiger partial charge >= 0.3 is 0 Å². The van der Waals surface area contributed by atoms with Crippen molar-refractivity contribution in [3.8, 4) is 11.5 Å². The van der Waals surface area contributed by atoms with Crippen LogP contribution in [-0.4, -0.2) is 57.4 Å². The largest absolute Gasteiger partial charge is 0.497 e. The zero-order valence-corrected chi connectivity index (χ0v) is 22.5. The first-order chi connectivity index (χ1) is 18.9. The van der Waals surface area contributed by atoms with Crippen LogP contribution in [0.1, 0.15) is 18.4 Å². The number of rotatable bonds is 7. The van der Waals surface area contributed by atoms with Gasteiger partial charge in [-0.2, -0.15) is 4.31 Å². The molecule has 0 bridgehead atoms. The highest BCUT2D eigenvalue weighted by atomic mass is 32.2. The molecule has 1 fully saturated rings. The van der Waals surface area contributed by atoms with Crippen LogP contribution in [0.3, 0.4) is 0 Å². The molecule has 2 unspecified atom stereocenters. The molecule has 0 aliphatic carbocycles. The molecule has 3 aromatic carbocycles. The summed E-state index contributed by atoms with van der Waals surface area (Å²) in [6, 6.07) is 22.9. The number of para-hydroxylation sites is 2. The number of carbonyl (C=O) groups excluding carboxylic acids is 2. The van der Waals surface area contributed by atoms with Crippen LogP contribution in [0.15, 0.2) is 83.8 Å². The van der Waals surface area contributed by atoms with Gasteiger partial charge in [0.25, 0.3) is 5.91 Å². The van der Waals surface area contributed by atoms with E-state index in [4.69, 9.17) is 9.47 Å². The molecule has 0 saturated carbocycles. The topological polar surface area (TPSA) is 105 Å². The Morgan fingerprint density at radius 2 is 1.69 bits per heavy atom. The summed E-state index contributed by atoms with van der Waals surface area (Å²) >= 11 is 0. The predicted molar refractivity (Wildman–Crippen MR) is 146 cm³/mol. The van der Waals surface area contributed by atoms with Crippen molar-refractivity contribution < 1.29 is 27.5 Å². The van der Waals surface area contributed by atoms with E-state index in [2.05, 4.69) is 5.32 Å². The molecule has 2 aliphatic rings. The van der Waals surface area contributed by atoms with Gasteiger partial charge in [0.15, 0.2) is 6.10 Å². The van der Waals surface area contributed by atoms with Crippen LogP contribution in [-0.2, 0) is 26.2 Å². The highest BCUT2D eigenvalue weighted by Crippen LogP contribution is 2.35. The molecule has 204 valence electrons. The Hall–Kier alpha value is -3.89. The second kappa shape index (κ2) is 11.5. The fourth-order valence-electron chi connectivity index (χ4n) is 4.96. The number of nitrogens with zero attached hydrogens (tertiary/aromatic N) is 2. The van der Waals surface area contributed by atoms with Gasteiger partial charge in [0.2, 0.25) is 15.9 Å². The fraction of sp³-hybridized carbons (Fsp3) is 0.310. The summed E-state index contributed by atoms with van der Waals surface area (Å²) in [5.41, 5.74) is 1.53. The van der Waals surface area contributed by atoms with Crippen LogP contribution < -0.4 is 19.7 Å². The molecule has 2 amide bonds. The minimum atomic E-state index is -3.78. The van der Waals surface area contributed by atoms with Crippen LogP contribution in [0.25, 0.3) is 0 Å². The third-order valence-electron chi connectivity index (χ3n) is 7.07. The van der Waals surface area contributed by atoms with Crippen molar-refractivity contribution >= 4 is 27.5 Å². The number of hydrogen-bond donors (Lipinski definition) is 1. The number of anilines is 1. The zero-order chi connectivity index (χ0) is 27.4. The van der Waals surface area contributed by atoms with Crippen molar-refractivity contribution in [2.75, 3.05) is 31.6 Å². The molecule has 2 atom stereocenters. The molecule has 1 saturated heterocycles. The van der Waals surface area contributed by atoms with Crippen molar-refractivity contribution in [2.45, 2.75) is 30.4 Å². The van der Waals surface area contributed by atoms with Crippen molar-refractivity contribution in [2.24, 2.45) is 5.92 Å². The maximum absolute atomic E-state index is 13.9. The van der Waals surface area contributed by atoms with Gasteiger partial charge in [-0.05, 0) is 54.8 Å². The molecule has 0 radical (unpaired) electrons. The van der Waals surface area contributed by atoms with Crippen LogP contribution in [0.5, 0.6) is 11.5 Å². The Morgan fingerprint density at radius 3 is 2.44 bits per heavy atom. The van der Waals surface area contributed by atoms with Gasteiger partial charge in [0, 0.05) is 19.6 Å². The van der Waals surface area contributed by atoms with Crippen LogP contribution in [0.4, 0.5) is 5.69 Å². The van der Waals surface area contributed by atoms with Gasteiger partial charge in [0.05, 0.1) is 30.2 Å². The summed E-state index contributed by atoms with van der Waals surface area (Å²) in [6.45, 7) is 0.786. The van der Waals surface area contributed by atoms with Gasteiger partial charge in [0.1, 0.15) is 11.5 Å². The number of nitrogens with one attached hydrogen (secondary N) is 1. The van der Waals surface area contributed by atoms with E-state index in [0.29, 0.717) is 43.1 Å². The lowest BCUT2D eigenvalue weighted by molar-refractivity contribution is -0.129. The first-order valence-corrected chi connectivity index (χ1v) is 14.3. The van der Waals surface area contributed by atoms with Crippen molar-refractivity contribution in [3.63, 3.8) is 0 Å². The smallest absolute Gasteiger partial charge is 0.263 e. The molecule has 2 aliphatic heterocycles. The molecule has 39 heavy (non-hydrogen) atoms. The van der Waals surface area contributed by atoms with E-state index >= 15 is 0 Å². The number of hydrogen-bond acceptors (Lipinski definition) is 6. The third-order valence-corrected chi connectivity index (χ3v) is 8.95. The van der Waals surface area contributed by atoms with Gasteiger partial charge in [-0.1, -0.05) is 42.5 Å². The second-order valence-corrected chi connectivity index (χ2v) is 11.5. The summed E-state index contributed by atoms with van der Waals surface area (Å²) in [4.78, 5) is 28.6. The predicted octanol–water partition coefficient (Wildman–Crippen LogP) is 3.21. The molecule has 10 heteroatoms. The fourth-order valence-corrected chi connectivity index (χ4v) is 6.48. The van der Waals surface area contributed by atoms with E-state index < -0.39 is 22.0 Å². The molecular weight excluding hydrogens is 518 g/mol. The summed E-state index contributed by atoms with van der Waals surface area (Å²) in [6.07, 6.45) is 0.215. The number of sulfonamides is 1. The van der Waals surface area contributed by atoms with Crippen LogP contribution in [0, 0.1) is 5.92 Å². The number of amides is 2. The second-order valence-electron chi connectivity index (χ2n) is 9.60. The Kier molecular flexibility index (Phi) is 7.85. The maximum Gasteiger partial charge on any atom is 0.263 e. The molecule has 0 aromatic heterocycles. The SMILES string of the molecule is COc1ccc(S(=O)(=O)N2CCCC(C(=O)N3CC(C(=O)NCc4ccccc4)Oc4ccccc43)C2)cc1. The molecular formula is C29H31N3O6S. The Balaban J connectivity index is 1.32. The molecule has 0 spiro atoms. The Morgan fingerprint density at radius 1 is 0.974 bits per heavy atom.